The van der Waals surface area contributed by atoms with Gasteiger partial charge in [0, 0.05) is 6.04 Å². The Morgan fingerprint density at radius 1 is 1.37 bits per heavy atom. The zero-order chi connectivity index (χ0) is 14.6. The van der Waals surface area contributed by atoms with Gasteiger partial charge in [-0.15, -0.1) is 0 Å². The Hall–Kier alpha value is -0.640. The lowest BCUT2D eigenvalue weighted by molar-refractivity contribution is -0.133. The molecule has 1 fully saturated rings. The third kappa shape index (κ3) is 4.16. The molecule has 19 heavy (non-hydrogen) atoms. The summed E-state index contributed by atoms with van der Waals surface area (Å²) in [6.07, 6.45) is 4.97. The highest BCUT2D eigenvalue weighted by atomic mass is 32.1. The number of nitrogens with two attached hydrogens (primary N) is 1. The van der Waals surface area contributed by atoms with E-state index in [1.54, 1.807) is 0 Å². The molecule has 0 aliphatic heterocycles. The summed E-state index contributed by atoms with van der Waals surface area (Å²) < 4.78 is 0. The Morgan fingerprint density at radius 2 is 1.95 bits per heavy atom. The van der Waals surface area contributed by atoms with Crippen LogP contribution in [0.15, 0.2) is 0 Å². The summed E-state index contributed by atoms with van der Waals surface area (Å²) in [6, 6.07) is 0.202. The normalized spacial score (nSPS) is 27.7. The predicted octanol–water partition coefficient (Wildman–Crippen LogP) is 3.02. The zero-order valence-corrected chi connectivity index (χ0v) is 13.5. The Labute approximate surface area is 122 Å². The molecular formula is C15H28N2OS. The fourth-order valence-corrected chi connectivity index (χ4v) is 3.15. The van der Waals surface area contributed by atoms with Gasteiger partial charge < -0.3 is 11.1 Å². The first-order chi connectivity index (χ1) is 8.78. The molecule has 0 aromatic carbocycles. The SMILES string of the molecule is CC(C)CCCC(C)NC(=O)C1(C(N)=S)CC(C)C1. The van der Waals surface area contributed by atoms with Crippen LogP contribution in [0.1, 0.15) is 59.8 Å². The number of hydrogen-bond acceptors (Lipinski definition) is 2. The number of carbonyl (C=O) groups excluding carboxylic acids is 1. The van der Waals surface area contributed by atoms with Crippen LogP contribution >= 0.6 is 12.2 Å². The standard InChI is InChI=1S/C15H28N2OS/c1-10(2)6-5-7-12(4)17-14(18)15(13(16)19)8-11(3)9-15/h10-12H,5-9H2,1-4H3,(H2,16,19)(H,17,18). The van der Waals surface area contributed by atoms with Crippen LogP contribution in [0.5, 0.6) is 0 Å². The first-order valence-corrected chi connectivity index (χ1v) is 7.79. The van der Waals surface area contributed by atoms with E-state index in [0.29, 0.717) is 10.9 Å². The van der Waals surface area contributed by atoms with Crippen LogP contribution in [0.2, 0.25) is 0 Å². The highest BCUT2D eigenvalue weighted by Gasteiger charge is 2.50. The average molecular weight is 284 g/mol. The van der Waals surface area contributed by atoms with Gasteiger partial charge in [0.25, 0.3) is 0 Å². The van der Waals surface area contributed by atoms with Crippen molar-refractivity contribution in [1.29, 1.82) is 0 Å². The number of rotatable bonds is 7. The van der Waals surface area contributed by atoms with Crippen molar-refractivity contribution >= 4 is 23.1 Å². The van der Waals surface area contributed by atoms with Crippen molar-refractivity contribution in [2.24, 2.45) is 23.0 Å². The number of thiocarbonyl (C=S) groups is 1. The maximum Gasteiger partial charge on any atom is 0.233 e. The number of nitrogens with one attached hydrogen (secondary N) is 1. The Balaban J connectivity index is 2.43. The maximum atomic E-state index is 12.4. The van der Waals surface area contributed by atoms with Gasteiger partial charge >= 0.3 is 0 Å². The quantitative estimate of drug-likeness (QED) is 0.707. The van der Waals surface area contributed by atoms with Crippen molar-refractivity contribution in [3.05, 3.63) is 0 Å². The zero-order valence-electron chi connectivity index (χ0n) is 12.7. The molecular weight excluding hydrogens is 256 g/mol. The summed E-state index contributed by atoms with van der Waals surface area (Å²) in [5.74, 6) is 1.30. The Kier molecular flexibility index (Phi) is 5.78. The highest BCUT2D eigenvalue weighted by Crippen LogP contribution is 2.46. The topological polar surface area (TPSA) is 55.1 Å². The van der Waals surface area contributed by atoms with E-state index in [0.717, 1.165) is 31.6 Å². The minimum absolute atomic E-state index is 0.0372. The van der Waals surface area contributed by atoms with E-state index in [4.69, 9.17) is 18.0 Å². The molecule has 0 aromatic rings. The smallest absolute Gasteiger partial charge is 0.233 e. The predicted molar refractivity (Wildman–Crippen MR) is 83.9 cm³/mol. The minimum Gasteiger partial charge on any atom is -0.392 e. The molecule has 1 atom stereocenters. The second-order valence-electron chi connectivity index (χ2n) is 6.66. The van der Waals surface area contributed by atoms with Gasteiger partial charge in [0.1, 0.15) is 0 Å². The molecule has 4 heteroatoms. The van der Waals surface area contributed by atoms with Gasteiger partial charge in [-0.3, -0.25) is 4.79 Å². The molecule has 1 unspecified atom stereocenters. The van der Waals surface area contributed by atoms with Crippen molar-refractivity contribution in [2.45, 2.75) is 65.8 Å². The molecule has 1 aliphatic carbocycles. The molecule has 0 bridgehead atoms. The Bertz CT molecular complexity index is 335. The lowest BCUT2D eigenvalue weighted by Crippen LogP contribution is -2.57. The molecule has 1 aliphatic rings. The molecule has 0 spiro atoms. The first kappa shape index (κ1) is 16.4. The van der Waals surface area contributed by atoms with Crippen molar-refractivity contribution in [3.8, 4) is 0 Å². The van der Waals surface area contributed by atoms with Gasteiger partial charge in [-0.2, -0.15) is 0 Å². The van der Waals surface area contributed by atoms with E-state index < -0.39 is 5.41 Å². The largest absolute Gasteiger partial charge is 0.392 e. The van der Waals surface area contributed by atoms with Crippen molar-refractivity contribution in [1.82, 2.24) is 5.32 Å². The number of carbonyl (C=O) groups is 1. The summed E-state index contributed by atoms with van der Waals surface area (Å²) in [4.78, 5) is 12.7. The summed E-state index contributed by atoms with van der Waals surface area (Å²) in [7, 11) is 0. The highest BCUT2D eigenvalue weighted by molar-refractivity contribution is 7.80. The molecule has 1 amide bonds. The number of hydrogen-bond donors (Lipinski definition) is 2. The van der Waals surface area contributed by atoms with E-state index in [2.05, 4.69) is 33.0 Å². The minimum atomic E-state index is -0.568. The second kappa shape index (κ2) is 6.69. The summed E-state index contributed by atoms with van der Waals surface area (Å²) >= 11 is 5.10. The van der Waals surface area contributed by atoms with Crippen LogP contribution in [0.4, 0.5) is 0 Å². The van der Waals surface area contributed by atoms with E-state index in [9.17, 15) is 4.79 Å². The fraction of sp³-hybridized carbons (Fsp3) is 0.867. The van der Waals surface area contributed by atoms with Gasteiger partial charge in [0.2, 0.25) is 5.91 Å². The van der Waals surface area contributed by atoms with E-state index >= 15 is 0 Å². The Morgan fingerprint density at radius 3 is 2.37 bits per heavy atom. The first-order valence-electron chi connectivity index (χ1n) is 7.39. The molecule has 3 N–H and O–H groups in total. The fourth-order valence-electron chi connectivity index (χ4n) is 2.89. The van der Waals surface area contributed by atoms with E-state index in [1.807, 2.05) is 0 Å². The van der Waals surface area contributed by atoms with Gasteiger partial charge in [0.15, 0.2) is 0 Å². The molecule has 3 nitrogen and oxygen atoms in total. The van der Waals surface area contributed by atoms with Gasteiger partial charge in [-0.1, -0.05) is 45.8 Å². The molecule has 0 heterocycles. The van der Waals surface area contributed by atoms with E-state index in [-0.39, 0.29) is 11.9 Å². The van der Waals surface area contributed by atoms with Gasteiger partial charge in [-0.25, -0.2) is 0 Å². The monoisotopic (exact) mass is 284 g/mol. The van der Waals surface area contributed by atoms with Crippen molar-refractivity contribution < 1.29 is 4.79 Å². The molecule has 110 valence electrons. The molecule has 0 radical (unpaired) electrons. The lowest BCUT2D eigenvalue weighted by Gasteiger charge is -2.44. The van der Waals surface area contributed by atoms with Crippen LogP contribution in [0.3, 0.4) is 0 Å². The third-order valence-corrected chi connectivity index (χ3v) is 4.49. The third-order valence-electron chi connectivity index (χ3n) is 4.10. The van der Waals surface area contributed by atoms with Gasteiger partial charge in [0.05, 0.1) is 10.4 Å². The summed E-state index contributed by atoms with van der Waals surface area (Å²) in [5, 5.41) is 3.09. The van der Waals surface area contributed by atoms with Crippen LogP contribution in [-0.2, 0) is 4.79 Å². The summed E-state index contributed by atoms with van der Waals surface area (Å²) in [5.41, 5.74) is 5.21. The molecule has 0 aromatic heterocycles. The average Bonchev–Trinajstić information content (AvgIpc) is 2.22. The molecule has 1 rings (SSSR count). The second-order valence-corrected chi connectivity index (χ2v) is 7.10. The van der Waals surface area contributed by atoms with Crippen LogP contribution < -0.4 is 11.1 Å². The molecule has 1 saturated carbocycles. The molecule has 0 saturated heterocycles. The summed E-state index contributed by atoms with van der Waals surface area (Å²) in [6.45, 7) is 8.64. The lowest BCUT2D eigenvalue weighted by atomic mass is 9.62. The van der Waals surface area contributed by atoms with E-state index in [1.165, 1.54) is 6.42 Å². The van der Waals surface area contributed by atoms with Crippen LogP contribution in [0, 0.1) is 17.3 Å². The number of amides is 1. The van der Waals surface area contributed by atoms with Crippen molar-refractivity contribution in [3.63, 3.8) is 0 Å². The van der Waals surface area contributed by atoms with Gasteiger partial charge in [-0.05, 0) is 38.0 Å². The maximum absolute atomic E-state index is 12.4. The van der Waals surface area contributed by atoms with Crippen molar-refractivity contribution in [2.75, 3.05) is 0 Å². The van der Waals surface area contributed by atoms with Crippen LogP contribution in [0.25, 0.3) is 0 Å². The van der Waals surface area contributed by atoms with Crippen LogP contribution in [-0.4, -0.2) is 16.9 Å².